The van der Waals surface area contributed by atoms with E-state index in [0.717, 1.165) is 64.9 Å². The zero-order valence-corrected chi connectivity index (χ0v) is 16.1. The van der Waals surface area contributed by atoms with Gasteiger partial charge in [0.1, 0.15) is 0 Å². The minimum absolute atomic E-state index is 0.581. The molecule has 1 unspecified atom stereocenters. The van der Waals surface area contributed by atoms with Crippen molar-refractivity contribution in [3.8, 4) is 0 Å². The highest BCUT2D eigenvalue weighted by Gasteiger charge is 2.15. The number of nitrogens with zero attached hydrogens (tertiary/aromatic N) is 1. The number of guanidine groups is 1. The van der Waals surface area contributed by atoms with Crippen LogP contribution in [-0.4, -0.2) is 52.6 Å². The summed E-state index contributed by atoms with van der Waals surface area (Å²) in [5.41, 5.74) is 2.41. The number of aliphatic imine (C=N–C) groups is 1. The van der Waals surface area contributed by atoms with Gasteiger partial charge < -0.3 is 24.8 Å². The average molecular weight is 364 g/mol. The Kier molecular flexibility index (Phi) is 10.1. The molecule has 1 aromatic rings. The van der Waals surface area contributed by atoms with Gasteiger partial charge in [-0.25, -0.2) is 0 Å². The molecule has 6 heteroatoms. The molecule has 6 nitrogen and oxygen atoms in total. The van der Waals surface area contributed by atoms with E-state index in [2.05, 4.69) is 39.9 Å². The van der Waals surface area contributed by atoms with Gasteiger partial charge in [-0.2, -0.15) is 0 Å². The number of rotatable bonds is 11. The summed E-state index contributed by atoms with van der Waals surface area (Å²) in [5, 5.41) is 6.66. The molecule has 1 atom stereocenters. The van der Waals surface area contributed by atoms with E-state index >= 15 is 0 Å². The minimum atomic E-state index is 0.581. The lowest BCUT2D eigenvalue weighted by Gasteiger charge is -2.13. The van der Waals surface area contributed by atoms with Gasteiger partial charge in [-0.15, -0.1) is 0 Å². The van der Waals surface area contributed by atoms with Crippen LogP contribution < -0.4 is 10.6 Å². The SMILES string of the molecule is CCOCc1ccc(CNC(=NC)NCCCOCC2CCOC2)cc1. The zero-order chi connectivity index (χ0) is 18.5. The van der Waals surface area contributed by atoms with Gasteiger partial charge >= 0.3 is 0 Å². The highest BCUT2D eigenvalue weighted by atomic mass is 16.5. The topological polar surface area (TPSA) is 64.1 Å². The number of benzene rings is 1. The second-order valence-electron chi connectivity index (χ2n) is 6.46. The Morgan fingerprint density at radius 2 is 2.00 bits per heavy atom. The van der Waals surface area contributed by atoms with Crippen molar-refractivity contribution in [2.24, 2.45) is 10.9 Å². The molecule has 0 aromatic heterocycles. The monoisotopic (exact) mass is 363 g/mol. The van der Waals surface area contributed by atoms with E-state index in [0.29, 0.717) is 12.5 Å². The van der Waals surface area contributed by atoms with Crippen molar-refractivity contribution in [2.45, 2.75) is 32.9 Å². The van der Waals surface area contributed by atoms with Gasteiger partial charge in [-0.1, -0.05) is 24.3 Å². The molecule has 0 radical (unpaired) electrons. The van der Waals surface area contributed by atoms with Crippen molar-refractivity contribution in [3.05, 3.63) is 35.4 Å². The van der Waals surface area contributed by atoms with Crippen molar-refractivity contribution in [3.63, 3.8) is 0 Å². The predicted octanol–water partition coefficient (Wildman–Crippen LogP) is 2.33. The third-order valence-electron chi connectivity index (χ3n) is 4.31. The summed E-state index contributed by atoms with van der Waals surface area (Å²) in [5.74, 6) is 1.39. The van der Waals surface area contributed by atoms with E-state index in [4.69, 9.17) is 14.2 Å². The van der Waals surface area contributed by atoms with Crippen LogP contribution in [0.3, 0.4) is 0 Å². The third kappa shape index (κ3) is 8.17. The van der Waals surface area contributed by atoms with Crippen molar-refractivity contribution < 1.29 is 14.2 Å². The van der Waals surface area contributed by atoms with Gasteiger partial charge in [0.25, 0.3) is 0 Å². The first-order chi connectivity index (χ1) is 12.8. The lowest BCUT2D eigenvalue weighted by Crippen LogP contribution is -2.37. The fraction of sp³-hybridized carbons (Fsp3) is 0.650. The molecule has 0 aliphatic carbocycles. The van der Waals surface area contributed by atoms with Gasteiger partial charge in [-0.05, 0) is 30.9 Å². The molecular weight excluding hydrogens is 330 g/mol. The van der Waals surface area contributed by atoms with Crippen molar-refractivity contribution in [2.75, 3.05) is 46.6 Å². The van der Waals surface area contributed by atoms with Crippen LogP contribution in [0, 0.1) is 5.92 Å². The van der Waals surface area contributed by atoms with E-state index in [9.17, 15) is 0 Å². The van der Waals surface area contributed by atoms with E-state index in [1.165, 1.54) is 11.1 Å². The fourth-order valence-corrected chi connectivity index (χ4v) is 2.73. The average Bonchev–Trinajstić information content (AvgIpc) is 3.19. The Hall–Kier alpha value is -1.63. The Bertz CT molecular complexity index is 514. The van der Waals surface area contributed by atoms with Crippen molar-refractivity contribution in [1.82, 2.24) is 10.6 Å². The van der Waals surface area contributed by atoms with Crippen LogP contribution in [0.25, 0.3) is 0 Å². The van der Waals surface area contributed by atoms with Gasteiger partial charge in [-0.3, -0.25) is 4.99 Å². The molecular formula is C20H33N3O3. The standard InChI is InChI=1S/C20H33N3O3/c1-3-24-14-18-7-5-17(6-8-18)13-23-20(21-2)22-10-4-11-25-15-19-9-12-26-16-19/h5-8,19H,3-4,9-16H2,1-2H3,(H2,21,22,23). The molecule has 0 spiro atoms. The van der Waals surface area contributed by atoms with Crippen molar-refractivity contribution in [1.29, 1.82) is 0 Å². The van der Waals surface area contributed by atoms with Crippen molar-refractivity contribution >= 4 is 5.96 Å². The van der Waals surface area contributed by atoms with Crippen LogP contribution in [-0.2, 0) is 27.4 Å². The molecule has 1 aliphatic heterocycles. The predicted molar refractivity (Wildman–Crippen MR) is 104 cm³/mol. The molecule has 1 fully saturated rings. The maximum Gasteiger partial charge on any atom is 0.191 e. The van der Waals surface area contributed by atoms with Crippen LogP contribution in [0.4, 0.5) is 0 Å². The molecule has 1 aromatic carbocycles. The Morgan fingerprint density at radius 1 is 1.19 bits per heavy atom. The molecule has 2 N–H and O–H groups in total. The first-order valence-electron chi connectivity index (χ1n) is 9.57. The molecule has 1 saturated heterocycles. The Balaban J connectivity index is 1.55. The van der Waals surface area contributed by atoms with E-state index < -0.39 is 0 Å². The lowest BCUT2D eigenvalue weighted by atomic mass is 10.1. The highest BCUT2D eigenvalue weighted by molar-refractivity contribution is 5.79. The first kappa shape index (κ1) is 20.7. The molecule has 1 aliphatic rings. The quantitative estimate of drug-likeness (QED) is 0.359. The van der Waals surface area contributed by atoms with Crippen LogP contribution >= 0.6 is 0 Å². The summed E-state index contributed by atoms with van der Waals surface area (Å²) in [6, 6.07) is 8.45. The molecule has 0 amide bonds. The van der Waals surface area contributed by atoms with Gasteiger partial charge in [0, 0.05) is 45.9 Å². The smallest absolute Gasteiger partial charge is 0.191 e. The maximum atomic E-state index is 5.71. The number of hydrogen-bond acceptors (Lipinski definition) is 4. The third-order valence-corrected chi connectivity index (χ3v) is 4.31. The van der Waals surface area contributed by atoms with Crippen LogP contribution in [0.2, 0.25) is 0 Å². The highest BCUT2D eigenvalue weighted by Crippen LogP contribution is 2.12. The minimum Gasteiger partial charge on any atom is -0.381 e. The Morgan fingerprint density at radius 3 is 2.69 bits per heavy atom. The second-order valence-corrected chi connectivity index (χ2v) is 6.46. The van der Waals surface area contributed by atoms with E-state index in [-0.39, 0.29) is 0 Å². The molecule has 0 saturated carbocycles. The molecule has 26 heavy (non-hydrogen) atoms. The first-order valence-corrected chi connectivity index (χ1v) is 9.57. The van der Waals surface area contributed by atoms with Crippen LogP contribution in [0.15, 0.2) is 29.3 Å². The molecule has 1 heterocycles. The lowest BCUT2D eigenvalue weighted by molar-refractivity contribution is 0.0888. The summed E-state index contributed by atoms with van der Waals surface area (Å²) in [4.78, 5) is 4.26. The summed E-state index contributed by atoms with van der Waals surface area (Å²) in [6.45, 7) is 8.31. The summed E-state index contributed by atoms with van der Waals surface area (Å²) < 4.78 is 16.5. The molecule has 0 bridgehead atoms. The summed E-state index contributed by atoms with van der Waals surface area (Å²) in [6.07, 6.45) is 2.09. The largest absolute Gasteiger partial charge is 0.381 e. The molecule has 2 rings (SSSR count). The van der Waals surface area contributed by atoms with E-state index in [1.54, 1.807) is 7.05 Å². The van der Waals surface area contributed by atoms with Crippen LogP contribution in [0.5, 0.6) is 0 Å². The fourth-order valence-electron chi connectivity index (χ4n) is 2.73. The second kappa shape index (κ2) is 12.7. The maximum absolute atomic E-state index is 5.71. The molecule has 146 valence electrons. The number of nitrogens with one attached hydrogen (secondary N) is 2. The van der Waals surface area contributed by atoms with Gasteiger partial charge in [0.15, 0.2) is 5.96 Å². The Labute approximate surface area is 157 Å². The normalized spacial score (nSPS) is 17.5. The summed E-state index contributed by atoms with van der Waals surface area (Å²) in [7, 11) is 1.79. The van der Waals surface area contributed by atoms with E-state index in [1.807, 2.05) is 6.92 Å². The van der Waals surface area contributed by atoms with Gasteiger partial charge in [0.2, 0.25) is 0 Å². The van der Waals surface area contributed by atoms with Crippen LogP contribution in [0.1, 0.15) is 30.9 Å². The van der Waals surface area contributed by atoms with Gasteiger partial charge in [0.05, 0.1) is 19.8 Å². The number of hydrogen-bond donors (Lipinski definition) is 2. The summed E-state index contributed by atoms with van der Waals surface area (Å²) >= 11 is 0. The zero-order valence-electron chi connectivity index (χ0n) is 16.1. The number of ether oxygens (including phenoxy) is 3.